The molecule has 33 heavy (non-hydrogen) atoms. The molecule has 4 heterocycles. The van der Waals surface area contributed by atoms with Crippen LogP contribution in [-0.4, -0.2) is 42.9 Å². The second kappa shape index (κ2) is 8.26. The van der Waals surface area contributed by atoms with E-state index in [0.29, 0.717) is 12.8 Å². The molecule has 0 unspecified atom stereocenters. The second-order valence-electron chi connectivity index (χ2n) is 8.99. The minimum atomic E-state index is -0.391. The van der Waals surface area contributed by atoms with Gasteiger partial charge in [0.05, 0.1) is 33.9 Å². The van der Waals surface area contributed by atoms with Crippen LogP contribution in [0.15, 0.2) is 48.2 Å². The SMILES string of the molecule is O=C(CCc1nccs1)N1[C@H](c2cccc3cc[nH]c23)c2c(c[nH]c2O)N[C@@H]2CCCC[C@H]21. The van der Waals surface area contributed by atoms with E-state index in [-0.39, 0.29) is 23.9 Å². The van der Waals surface area contributed by atoms with Crippen molar-refractivity contribution in [2.24, 2.45) is 0 Å². The van der Waals surface area contributed by atoms with Crippen molar-refractivity contribution in [3.8, 4) is 5.88 Å². The van der Waals surface area contributed by atoms with Crippen LogP contribution < -0.4 is 5.32 Å². The molecule has 8 heteroatoms. The summed E-state index contributed by atoms with van der Waals surface area (Å²) >= 11 is 1.59. The Bertz CT molecular complexity index is 1280. The molecule has 1 aliphatic heterocycles. The van der Waals surface area contributed by atoms with Crippen molar-refractivity contribution in [1.29, 1.82) is 0 Å². The minimum Gasteiger partial charge on any atom is -0.494 e. The molecule has 1 aromatic carbocycles. The molecule has 2 aliphatic rings. The van der Waals surface area contributed by atoms with Crippen molar-refractivity contribution in [2.75, 3.05) is 5.32 Å². The zero-order chi connectivity index (χ0) is 22.4. The number of fused-ring (bicyclic) bond motifs is 3. The Kier molecular flexibility index (Phi) is 5.10. The highest BCUT2D eigenvalue weighted by Gasteiger charge is 2.43. The molecular weight excluding hydrogens is 434 g/mol. The van der Waals surface area contributed by atoms with E-state index in [4.69, 9.17) is 0 Å². The van der Waals surface area contributed by atoms with Crippen molar-refractivity contribution in [1.82, 2.24) is 19.9 Å². The predicted molar refractivity (Wildman–Crippen MR) is 130 cm³/mol. The second-order valence-corrected chi connectivity index (χ2v) is 9.96. The number of aromatic hydroxyl groups is 1. The van der Waals surface area contributed by atoms with Gasteiger partial charge in [0, 0.05) is 48.4 Å². The molecule has 1 aliphatic carbocycles. The molecule has 6 rings (SSSR count). The summed E-state index contributed by atoms with van der Waals surface area (Å²) in [6, 6.07) is 8.05. The first-order valence-electron chi connectivity index (χ1n) is 11.6. The molecule has 3 atom stereocenters. The quantitative estimate of drug-likeness (QED) is 0.346. The summed E-state index contributed by atoms with van der Waals surface area (Å²) in [5.41, 5.74) is 3.63. The number of H-pyrrole nitrogens is 2. The Morgan fingerprint density at radius 3 is 3.00 bits per heavy atom. The third-order valence-electron chi connectivity index (χ3n) is 7.12. The molecular formula is C25H27N5O2S. The van der Waals surface area contributed by atoms with Crippen molar-refractivity contribution < 1.29 is 9.90 Å². The summed E-state index contributed by atoms with van der Waals surface area (Å²) in [6.07, 6.45) is 10.8. The number of para-hydroxylation sites is 1. The number of aromatic nitrogens is 3. The van der Waals surface area contributed by atoms with Gasteiger partial charge in [0.15, 0.2) is 5.88 Å². The zero-order valence-electron chi connectivity index (χ0n) is 18.3. The Hall–Kier alpha value is -3.26. The van der Waals surface area contributed by atoms with Crippen molar-refractivity contribution in [3.05, 3.63) is 64.4 Å². The normalized spacial score (nSPS) is 22.4. The predicted octanol–water partition coefficient (Wildman–Crippen LogP) is 4.95. The van der Waals surface area contributed by atoms with Gasteiger partial charge in [0.2, 0.25) is 5.91 Å². The number of aromatic amines is 2. The number of carbonyl (C=O) groups excluding carboxylic acids is 1. The van der Waals surface area contributed by atoms with Crippen molar-refractivity contribution in [2.45, 2.75) is 56.7 Å². The lowest BCUT2D eigenvalue weighted by atomic mass is 9.87. The molecule has 0 radical (unpaired) electrons. The van der Waals surface area contributed by atoms with Gasteiger partial charge in [-0.05, 0) is 24.3 Å². The van der Waals surface area contributed by atoms with Gasteiger partial charge in [-0.3, -0.25) is 4.79 Å². The molecule has 4 N–H and O–H groups in total. The van der Waals surface area contributed by atoms with Crippen LogP contribution >= 0.6 is 11.3 Å². The largest absolute Gasteiger partial charge is 0.494 e. The number of anilines is 1. The Balaban J connectivity index is 1.50. The molecule has 7 nitrogen and oxygen atoms in total. The molecule has 4 aromatic rings. The van der Waals surface area contributed by atoms with Gasteiger partial charge in [-0.1, -0.05) is 31.0 Å². The van der Waals surface area contributed by atoms with Crippen LogP contribution in [0, 0.1) is 0 Å². The number of benzene rings is 1. The zero-order valence-corrected chi connectivity index (χ0v) is 19.1. The summed E-state index contributed by atoms with van der Waals surface area (Å²) in [5.74, 6) is 0.216. The van der Waals surface area contributed by atoms with Crippen LogP contribution in [0.5, 0.6) is 5.88 Å². The van der Waals surface area contributed by atoms with Gasteiger partial charge >= 0.3 is 0 Å². The van der Waals surface area contributed by atoms with Gasteiger partial charge in [-0.15, -0.1) is 11.3 Å². The van der Waals surface area contributed by atoms with Crippen LogP contribution in [0.4, 0.5) is 5.69 Å². The summed E-state index contributed by atoms with van der Waals surface area (Å²) in [7, 11) is 0. The maximum atomic E-state index is 14.0. The molecule has 1 fully saturated rings. The fraction of sp³-hybridized carbons (Fsp3) is 0.360. The smallest absolute Gasteiger partial charge is 0.224 e. The fourth-order valence-corrected chi connectivity index (χ4v) is 6.27. The van der Waals surface area contributed by atoms with Crippen LogP contribution in [-0.2, 0) is 11.2 Å². The van der Waals surface area contributed by atoms with E-state index in [0.717, 1.165) is 58.4 Å². The first-order chi connectivity index (χ1) is 16.2. The molecule has 0 bridgehead atoms. The Morgan fingerprint density at radius 2 is 2.12 bits per heavy atom. The molecule has 0 spiro atoms. The van der Waals surface area contributed by atoms with Crippen molar-refractivity contribution in [3.63, 3.8) is 0 Å². The number of hydrogen-bond acceptors (Lipinski definition) is 5. The summed E-state index contributed by atoms with van der Waals surface area (Å²) < 4.78 is 0. The van der Waals surface area contributed by atoms with E-state index in [2.05, 4.69) is 37.3 Å². The average Bonchev–Trinajstić information content (AvgIpc) is 3.57. The average molecular weight is 462 g/mol. The summed E-state index contributed by atoms with van der Waals surface area (Å²) in [6.45, 7) is 0. The minimum absolute atomic E-state index is 0.0598. The van der Waals surface area contributed by atoms with E-state index in [1.165, 1.54) is 0 Å². The molecule has 170 valence electrons. The summed E-state index contributed by atoms with van der Waals surface area (Å²) in [4.78, 5) is 26.8. The summed E-state index contributed by atoms with van der Waals surface area (Å²) in [5, 5.41) is 18.6. The van der Waals surface area contributed by atoms with E-state index in [9.17, 15) is 9.90 Å². The highest BCUT2D eigenvalue weighted by atomic mass is 32.1. The first kappa shape index (κ1) is 20.4. The molecule has 1 amide bonds. The van der Waals surface area contributed by atoms with Crippen LogP contribution in [0.2, 0.25) is 0 Å². The monoisotopic (exact) mass is 461 g/mol. The maximum absolute atomic E-state index is 14.0. The lowest BCUT2D eigenvalue weighted by molar-refractivity contribution is -0.136. The van der Waals surface area contributed by atoms with Crippen LogP contribution in [0.1, 0.15) is 54.3 Å². The van der Waals surface area contributed by atoms with Gasteiger partial charge in [0.1, 0.15) is 0 Å². The van der Waals surface area contributed by atoms with Gasteiger partial charge in [-0.2, -0.15) is 0 Å². The first-order valence-corrected chi connectivity index (χ1v) is 12.5. The number of hydrogen-bond donors (Lipinski definition) is 4. The lowest BCUT2D eigenvalue weighted by Crippen LogP contribution is -2.51. The molecule has 1 saturated carbocycles. The van der Waals surface area contributed by atoms with Gasteiger partial charge in [0.25, 0.3) is 0 Å². The third-order valence-corrected chi connectivity index (χ3v) is 7.96. The van der Waals surface area contributed by atoms with E-state index in [1.807, 2.05) is 29.9 Å². The van der Waals surface area contributed by atoms with E-state index < -0.39 is 6.04 Å². The highest BCUT2D eigenvalue weighted by Crippen LogP contribution is 2.47. The number of thiazole rings is 1. The van der Waals surface area contributed by atoms with E-state index >= 15 is 0 Å². The standard InChI is InChI=1S/C25H27N5O2S/c31-21(9-8-20-26-12-13-33-20)30-19-7-2-1-6-17(19)29-18-14-28-25(32)22(18)24(30)16-5-3-4-15-10-11-27-23(15)16/h3-5,10-14,17,19,24,27-29,32H,1-2,6-9H2/t17-,19-,24-/m1/s1. The molecule has 0 saturated heterocycles. The number of carbonyl (C=O) groups is 1. The van der Waals surface area contributed by atoms with Gasteiger partial charge in [-0.25, -0.2) is 4.98 Å². The van der Waals surface area contributed by atoms with Crippen molar-refractivity contribution >= 4 is 33.8 Å². The lowest BCUT2D eigenvalue weighted by Gasteiger charge is -2.42. The number of amides is 1. The number of nitrogens with one attached hydrogen (secondary N) is 3. The highest BCUT2D eigenvalue weighted by molar-refractivity contribution is 7.09. The number of nitrogens with zero attached hydrogens (tertiary/aromatic N) is 2. The van der Waals surface area contributed by atoms with Crippen LogP contribution in [0.25, 0.3) is 10.9 Å². The Morgan fingerprint density at radius 1 is 1.21 bits per heavy atom. The third kappa shape index (κ3) is 3.49. The molecule has 3 aromatic heterocycles. The van der Waals surface area contributed by atoms with E-state index in [1.54, 1.807) is 17.5 Å². The number of rotatable bonds is 4. The topological polar surface area (TPSA) is 97.0 Å². The van der Waals surface area contributed by atoms with Crippen LogP contribution in [0.3, 0.4) is 0 Å². The maximum Gasteiger partial charge on any atom is 0.224 e. The Labute approximate surface area is 195 Å². The number of aryl methyl sites for hydroxylation is 1. The van der Waals surface area contributed by atoms with Gasteiger partial charge < -0.3 is 25.3 Å². The fourth-order valence-electron chi connectivity index (χ4n) is 5.65.